The molecule has 0 radical (unpaired) electrons. The van der Waals surface area contributed by atoms with Gasteiger partial charge >= 0.3 is 0 Å². The Hall–Kier alpha value is -1.90. The highest BCUT2D eigenvalue weighted by Gasteiger charge is 2.20. The van der Waals surface area contributed by atoms with Gasteiger partial charge in [-0.05, 0) is 49.8 Å². The Morgan fingerprint density at radius 2 is 1.95 bits per heavy atom. The molecule has 1 saturated heterocycles. The summed E-state index contributed by atoms with van der Waals surface area (Å²) in [4.78, 5) is 18.6. The van der Waals surface area contributed by atoms with Crippen LogP contribution >= 0.6 is 0 Å². The Bertz CT molecular complexity index is 685. The fraction of sp³-hybridized carbons (Fsp3) is 0.444. The maximum Gasteiger partial charge on any atom is 0.153 e. The first-order valence-corrected chi connectivity index (χ1v) is 7.71. The van der Waals surface area contributed by atoms with E-state index in [-0.39, 0.29) is 0 Å². The molecule has 2 heterocycles. The number of nitrogens with zero attached hydrogens (tertiary/aromatic N) is 2. The van der Waals surface area contributed by atoms with Gasteiger partial charge in [-0.25, -0.2) is 4.98 Å². The first-order valence-electron chi connectivity index (χ1n) is 7.71. The summed E-state index contributed by atoms with van der Waals surface area (Å²) >= 11 is 0. The largest absolute Gasteiger partial charge is 0.356 e. The van der Waals surface area contributed by atoms with Crippen molar-refractivity contribution in [2.24, 2.45) is 5.92 Å². The van der Waals surface area contributed by atoms with Crippen LogP contribution in [0.4, 0.5) is 5.82 Å². The van der Waals surface area contributed by atoms with Gasteiger partial charge in [0, 0.05) is 18.5 Å². The molecular formula is C18H22N2O. The number of carbonyl (C=O) groups is 1. The van der Waals surface area contributed by atoms with E-state index in [0.29, 0.717) is 5.56 Å². The lowest BCUT2D eigenvalue weighted by Crippen LogP contribution is -2.34. The van der Waals surface area contributed by atoms with Gasteiger partial charge in [0.2, 0.25) is 0 Å². The quantitative estimate of drug-likeness (QED) is 0.783. The third kappa shape index (κ3) is 2.53. The first kappa shape index (κ1) is 14.1. The van der Waals surface area contributed by atoms with Crippen molar-refractivity contribution < 1.29 is 4.79 Å². The molecule has 3 nitrogen and oxygen atoms in total. The number of aryl methyl sites for hydroxylation is 2. The van der Waals surface area contributed by atoms with Crippen molar-refractivity contribution in [2.75, 3.05) is 18.0 Å². The number of carbonyl (C=O) groups excluding carboxylic acids is 1. The molecule has 0 amide bonds. The molecule has 0 atom stereocenters. The van der Waals surface area contributed by atoms with Gasteiger partial charge in [0.15, 0.2) is 6.29 Å². The van der Waals surface area contributed by atoms with Crippen molar-refractivity contribution in [2.45, 2.75) is 33.6 Å². The van der Waals surface area contributed by atoms with Crippen LogP contribution in [0.3, 0.4) is 0 Å². The number of anilines is 1. The van der Waals surface area contributed by atoms with E-state index in [1.807, 2.05) is 6.07 Å². The molecule has 1 fully saturated rings. The Morgan fingerprint density at radius 3 is 2.62 bits per heavy atom. The summed E-state index contributed by atoms with van der Waals surface area (Å²) < 4.78 is 0. The summed E-state index contributed by atoms with van der Waals surface area (Å²) in [5.41, 5.74) is 4.18. The normalized spacial score (nSPS) is 16.4. The zero-order valence-electron chi connectivity index (χ0n) is 13.0. The third-order valence-corrected chi connectivity index (χ3v) is 4.73. The van der Waals surface area contributed by atoms with Crippen molar-refractivity contribution in [3.63, 3.8) is 0 Å². The zero-order chi connectivity index (χ0) is 15.0. The van der Waals surface area contributed by atoms with Crippen LogP contribution in [0.5, 0.6) is 0 Å². The number of aldehydes is 1. The monoisotopic (exact) mass is 282 g/mol. The van der Waals surface area contributed by atoms with E-state index in [9.17, 15) is 4.79 Å². The predicted octanol–water partition coefficient (Wildman–Crippen LogP) is 3.90. The Kier molecular flexibility index (Phi) is 3.66. The van der Waals surface area contributed by atoms with Gasteiger partial charge in [-0.1, -0.05) is 19.1 Å². The minimum Gasteiger partial charge on any atom is -0.356 e. The van der Waals surface area contributed by atoms with Crippen molar-refractivity contribution >= 4 is 23.0 Å². The maximum absolute atomic E-state index is 11.5. The summed E-state index contributed by atoms with van der Waals surface area (Å²) in [5.74, 6) is 1.63. The molecule has 110 valence electrons. The number of benzene rings is 1. The summed E-state index contributed by atoms with van der Waals surface area (Å²) in [5, 5.41) is 1.05. The van der Waals surface area contributed by atoms with Crippen LogP contribution < -0.4 is 4.90 Å². The van der Waals surface area contributed by atoms with Crippen LogP contribution in [0.25, 0.3) is 10.9 Å². The predicted molar refractivity (Wildman–Crippen MR) is 87.2 cm³/mol. The topological polar surface area (TPSA) is 33.2 Å². The van der Waals surface area contributed by atoms with Gasteiger partial charge in [-0.15, -0.1) is 0 Å². The van der Waals surface area contributed by atoms with Crippen LogP contribution in [-0.4, -0.2) is 24.4 Å². The standard InChI is InChI=1S/C18H22N2O/c1-12-6-8-20(9-7-12)18-16(11-21)10-15-5-4-13(2)14(3)17(15)19-18/h4-5,10-12H,6-9H2,1-3H3. The smallest absolute Gasteiger partial charge is 0.153 e. The fourth-order valence-electron chi connectivity index (χ4n) is 3.05. The van der Waals surface area contributed by atoms with Crippen LogP contribution in [0.15, 0.2) is 18.2 Å². The Labute approximate surface area is 126 Å². The van der Waals surface area contributed by atoms with Gasteiger partial charge in [0.25, 0.3) is 0 Å². The maximum atomic E-state index is 11.5. The number of aromatic nitrogens is 1. The van der Waals surface area contributed by atoms with Gasteiger partial charge in [0.05, 0.1) is 11.1 Å². The van der Waals surface area contributed by atoms with E-state index in [0.717, 1.165) is 42.0 Å². The molecule has 3 heteroatoms. The van der Waals surface area contributed by atoms with Gasteiger partial charge in [0.1, 0.15) is 5.82 Å². The number of fused-ring (bicyclic) bond motifs is 1. The average Bonchev–Trinajstić information content (AvgIpc) is 2.51. The number of pyridine rings is 1. The number of rotatable bonds is 2. The van der Waals surface area contributed by atoms with E-state index >= 15 is 0 Å². The van der Waals surface area contributed by atoms with E-state index in [1.54, 1.807) is 0 Å². The fourth-order valence-corrected chi connectivity index (χ4v) is 3.05. The van der Waals surface area contributed by atoms with E-state index in [4.69, 9.17) is 4.98 Å². The molecule has 3 rings (SSSR count). The number of piperidine rings is 1. The molecule has 0 bridgehead atoms. The molecule has 1 aliphatic rings. The lowest BCUT2D eigenvalue weighted by molar-refractivity contribution is 0.112. The van der Waals surface area contributed by atoms with Crippen LogP contribution in [0.2, 0.25) is 0 Å². The van der Waals surface area contributed by atoms with Crippen LogP contribution in [-0.2, 0) is 0 Å². The second-order valence-electron chi connectivity index (χ2n) is 6.27. The molecule has 2 aromatic rings. The molecule has 0 saturated carbocycles. The zero-order valence-corrected chi connectivity index (χ0v) is 13.0. The van der Waals surface area contributed by atoms with Crippen LogP contribution in [0, 0.1) is 19.8 Å². The van der Waals surface area contributed by atoms with E-state index < -0.39 is 0 Å². The summed E-state index contributed by atoms with van der Waals surface area (Å²) in [6, 6.07) is 6.13. The highest BCUT2D eigenvalue weighted by atomic mass is 16.1. The molecule has 21 heavy (non-hydrogen) atoms. The van der Waals surface area contributed by atoms with Crippen molar-refractivity contribution in [1.82, 2.24) is 4.98 Å². The highest BCUT2D eigenvalue weighted by molar-refractivity contribution is 5.93. The molecule has 1 aromatic heterocycles. The van der Waals surface area contributed by atoms with E-state index in [2.05, 4.69) is 37.8 Å². The lowest BCUT2D eigenvalue weighted by atomic mass is 9.98. The number of hydrogen-bond donors (Lipinski definition) is 0. The molecule has 0 aliphatic carbocycles. The van der Waals surface area contributed by atoms with Crippen LogP contribution in [0.1, 0.15) is 41.3 Å². The lowest BCUT2D eigenvalue weighted by Gasteiger charge is -2.32. The first-order chi connectivity index (χ1) is 10.1. The van der Waals surface area contributed by atoms with Crippen molar-refractivity contribution in [1.29, 1.82) is 0 Å². The number of hydrogen-bond acceptors (Lipinski definition) is 3. The minimum atomic E-state index is 0.709. The molecule has 1 aliphatic heterocycles. The molecule has 0 N–H and O–H groups in total. The van der Waals surface area contributed by atoms with E-state index in [1.165, 1.54) is 24.0 Å². The highest BCUT2D eigenvalue weighted by Crippen LogP contribution is 2.28. The summed E-state index contributed by atoms with van der Waals surface area (Å²) in [6.07, 6.45) is 3.28. The SMILES string of the molecule is Cc1ccc2cc(C=O)c(N3CCC(C)CC3)nc2c1C. The molecule has 0 spiro atoms. The molecular weight excluding hydrogens is 260 g/mol. The van der Waals surface area contributed by atoms with Crippen molar-refractivity contribution in [3.05, 3.63) is 34.9 Å². The second-order valence-corrected chi connectivity index (χ2v) is 6.27. The minimum absolute atomic E-state index is 0.709. The van der Waals surface area contributed by atoms with Gasteiger partial charge in [-0.3, -0.25) is 4.79 Å². The Balaban J connectivity index is 2.12. The van der Waals surface area contributed by atoms with Gasteiger partial charge < -0.3 is 4.90 Å². The van der Waals surface area contributed by atoms with Gasteiger partial charge in [-0.2, -0.15) is 0 Å². The Morgan fingerprint density at radius 1 is 1.24 bits per heavy atom. The average molecular weight is 282 g/mol. The third-order valence-electron chi connectivity index (χ3n) is 4.73. The second kappa shape index (κ2) is 5.47. The summed E-state index contributed by atoms with van der Waals surface area (Å²) in [7, 11) is 0. The molecule has 0 unspecified atom stereocenters. The van der Waals surface area contributed by atoms with Crippen molar-refractivity contribution in [3.8, 4) is 0 Å². The summed E-state index contributed by atoms with van der Waals surface area (Å²) in [6.45, 7) is 8.48. The molecule has 1 aromatic carbocycles.